The van der Waals surface area contributed by atoms with Crippen LogP contribution in [0.4, 0.5) is 10.1 Å². The van der Waals surface area contributed by atoms with E-state index in [0.29, 0.717) is 37.6 Å². The molecule has 1 amide bonds. The summed E-state index contributed by atoms with van der Waals surface area (Å²) < 4.78 is 24.2. The molecule has 7 heteroatoms. The first kappa shape index (κ1) is 19.7. The topological polar surface area (TPSA) is 59.1 Å². The molecule has 1 aliphatic rings. The average molecular weight is 386 g/mol. The van der Waals surface area contributed by atoms with Crippen LogP contribution in [0.5, 0.6) is 5.75 Å². The molecule has 2 aromatic rings. The summed E-state index contributed by atoms with van der Waals surface area (Å²) in [5, 5.41) is 0. The molecule has 1 aliphatic heterocycles. The highest BCUT2D eigenvalue weighted by Gasteiger charge is 2.23. The van der Waals surface area contributed by atoms with Gasteiger partial charge in [-0.3, -0.25) is 4.79 Å². The monoisotopic (exact) mass is 386 g/mol. The summed E-state index contributed by atoms with van der Waals surface area (Å²) in [6, 6.07) is 13.9. The van der Waals surface area contributed by atoms with E-state index < -0.39 is 5.97 Å². The predicted octanol–water partition coefficient (Wildman–Crippen LogP) is 2.40. The van der Waals surface area contributed by atoms with Crippen molar-refractivity contribution in [3.8, 4) is 5.75 Å². The largest absolute Gasteiger partial charge is 0.482 e. The molecule has 1 saturated heterocycles. The Kier molecular flexibility index (Phi) is 6.47. The first-order valence-corrected chi connectivity index (χ1v) is 9.15. The SMILES string of the molecule is Cc1cccc(OCC(=O)OCC(=O)N2CCN(c3ccccc3F)CC2)c1. The predicted molar refractivity (Wildman–Crippen MR) is 103 cm³/mol. The van der Waals surface area contributed by atoms with E-state index in [-0.39, 0.29) is 24.9 Å². The zero-order valence-corrected chi connectivity index (χ0v) is 15.8. The fourth-order valence-corrected chi connectivity index (χ4v) is 3.03. The normalized spacial score (nSPS) is 13.9. The first-order chi connectivity index (χ1) is 13.5. The Morgan fingerprint density at radius 1 is 1.00 bits per heavy atom. The molecule has 0 radical (unpaired) electrons. The Bertz CT molecular complexity index is 835. The zero-order valence-electron chi connectivity index (χ0n) is 15.8. The number of amides is 1. The van der Waals surface area contributed by atoms with Gasteiger partial charge in [-0.1, -0.05) is 24.3 Å². The van der Waals surface area contributed by atoms with Crippen LogP contribution in [0, 0.1) is 12.7 Å². The number of carbonyl (C=O) groups is 2. The number of hydrogen-bond donors (Lipinski definition) is 0. The third-order valence-electron chi connectivity index (χ3n) is 4.53. The Labute approximate surface area is 163 Å². The zero-order chi connectivity index (χ0) is 19.9. The standard InChI is InChI=1S/C21H23FN2O4/c1-16-5-4-6-17(13-16)27-15-21(26)28-14-20(25)24-11-9-23(10-12-24)19-8-3-2-7-18(19)22/h2-8,13H,9-12,14-15H2,1H3. The molecule has 0 unspecified atom stereocenters. The molecule has 0 spiro atoms. The van der Waals surface area contributed by atoms with Gasteiger partial charge in [0.2, 0.25) is 0 Å². The molecule has 1 fully saturated rings. The van der Waals surface area contributed by atoms with E-state index in [2.05, 4.69) is 0 Å². The van der Waals surface area contributed by atoms with Gasteiger partial charge < -0.3 is 19.3 Å². The van der Waals surface area contributed by atoms with E-state index in [4.69, 9.17) is 9.47 Å². The number of ether oxygens (including phenoxy) is 2. The van der Waals surface area contributed by atoms with Gasteiger partial charge in [0.1, 0.15) is 11.6 Å². The lowest BCUT2D eigenvalue weighted by molar-refractivity contribution is -0.153. The minimum atomic E-state index is -0.597. The average Bonchev–Trinajstić information content (AvgIpc) is 2.71. The van der Waals surface area contributed by atoms with Crippen LogP contribution in [0.25, 0.3) is 0 Å². The molecule has 1 heterocycles. The maximum absolute atomic E-state index is 13.9. The number of piperazine rings is 1. The second-order valence-electron chi connectivity index (χ2n) is 6.59. The van der Waals surface area contributed by atoms with Crippen molar-refractivity contribution in [1.29, 1.82) is 0 Å². The van der Waals surface area contributed by atoms with Crippen molar-refractivity contribution < 1.29 is 23.5 Å². The molecule has 0 bridgehead atoms. The number of para-hydroxylation sites is 1. The highest BCUT2D eigenvalue weighted by molar-refractivity contribution is 5.81. The van der Waals surface area contributed by atoms with Gasteiger partial charge in [-0.25, -0.2) is 9.18 Å². The van der Waals surface area contributed by atoms with Crippen molar-refractivity contribution in [1.82, 2.24) is 4.90 Å². The van der Waals surface area contributed by atoms with Crippen molar-refractivity contribution in [2.24, 2.45) is 0 Å². The van der Waals surface area contributed by atoms with Gasteiger partial charge in [0.05, 0.1) is 5.69 Å². The van der Waals surface area contributed by atoms with Crippen LogP contribution in [-0.2, 0) is 14.3 Å². The number of aryl methyl sites for hydroxylation is 1. The quantitative estimate of drug-likeness (QED) is 0.714. The Hall–Kier alpha value is -3.09. The van der Waals surface area contributed by atoms with E-state index >= 15 is 0 Å². The first-order valence-electron chi connectivity index (χ1n) is 9.15. The third-order valence-corrected chi connectivity index (χ3v) is 4.53. The summed E-state index contributed by atoms with van der Waals surface area (Å²) in [6.07, 6.45) is 0. The summed E-state index contributed by atoms with van der Waals surface area (Å²) in [5.74, 6) is -0.561. The van der Waals surface area contributed by atoms with Gasteiger partial charge in [-0.15, -0.1) is 0 Å². The number of halogens is 1. The van der Waals surface area contributed by atoms with Gasteiger partial charge >= 0.3 is 5.97 Å². The van der Waals surface area contributed by atoms with E-state index in [1.807, 2.05) is 30.0 Å². The molecular weight excluding hydrogens is 363 g/mol. The van der Waals surface area contributed by atoms with Crippen molar-refractivity contribution in [2.45, 2.75) is 6.92 Å². The highest BCUT2D eigenvalue weighted by atomic mass is 19.1. The lowest BCUT2D eigenvalue weighted by Gasteiger charge is -2.36. The summed E-state index contributed by atoms with van der Waals surface area (Å²) >= 11 is 0. The Morgan fingerprint density at radius 2 is 1.75 bits per heavy atom. The van der Waals surface area contributed by atoms with E-state index in [0.717, 1.165) is 5.56 Å². The molecule has 148 valence electrons. The van der Waals surface area contributed by atoms with Crippen LogP contribution in [0.2, 0.25) is 0 Å². The maximum atomic E-state index is 13.9. The van der Waals surface area contributed by atoms with E-state index in [1.54, 1.807) is 29.2 Å². The Morgan fingerprint density at radius 3 is 2.46 bits per heavy atom. The lowest BCUT2D eigenvalue weighted by atomic mass is 10.2. The van der Waals surface area contributed by atoms with Crippen LogP contribution in [0.1, 0.15) is 5.56 Å². The van der Waals surface area contributed by atoms with Gasteiger partial charge in [0.15, 0.2) is 13.2 Å². The van der Waals surface area contributed by atoms with Gasteiger partial charge in [-0.2, -0.15) is 0 Å². The van der Waals surface area contributed by atoms with Crippen LogP contribution in [-0.4, -0.2) is 56.2 Å². The van der Waals surface area contributed by atoms with Crippen molar-refractivity contribution in [2.75, 3.05) is 44.3 Å². The summed E-state index contributed by atoms with van der Waals surface area (Å²) in [4.78, 5) is 27.6. The van der Waals surface area contributed by atoms with Gasteiger partial charge in [0, 0.05) is 26.2 Å². The van der Waals surface area contributed by atoms with Crippen LogP contribution < -0.4 is 9.64 Å². The van der Waals surface area contributed by atoms with Crippen LogP contribution >= 0.6 is 0 Å². The number of anilines is 1. The molecule has 0 aliphatic carbocycles. The van der Waals surface area contributed by atoms with Crippen molar-refractivity contribution >= 4 is 17.6 Å². The highest BCUT2D eigenvalue weighted by Crippen LogP contribution is 2.20. The fourth-order valence-electron chi connectivity index (χ4n) is 3.03. The molecule has 3 rings (SSSR count). The minimum absolute atomic E-state index is 0.252. The van der Waals surface area contributed by atoms with Gasteiger partial charge in [0.25, 0.3) is 5.91 Å². The molecular formula is C21H23FN2O4. The molecule has 2 aromatic carbocycles. The fraction of sp³-hybridized carbons (Fsp3) is 0.333. The Balaban J connectivity index is 1.39. The number of hydrogen-bond acceptors (Lipinski definition) is 5. The molecule has 0 atom stereocenters. The van der Waals surface area contributed by atoms with Crippen LogP contribution in [0.3, 0.4) is 0 Å². The third kappa shape index (κ3) is 5.22. The number of nitrogens with zero attached hydrogens (tertiary/aromatic N) is 2. The molecule has 0 saturated carbocycles. The van der Waals surface area contributed by atoms with Crippen molar-refractivity contribution in [3.63, 3.8) is 0 Å². The molecule has 0 N–H and O–H groups in total. The van der Waals surface area contributed by atoms with Crippen LogP contribution in [0.15, 0.2) is 48.5 Å². The molecule has 6 nitrogen and oxygen atoms in total. The minimum Gasteiger partial charge on any atom is -0.482 e. The number of esters is 1. The maximum Gasteiger partial charge on any atom is 0.344 e. The van der Waals surface area contributed by atoms with E-state index in [1.165, 1.54) is 6.07 Å². The number of carbonyl (C=O) groups excluding carboxylic acids is 2. The molecule has 28 heavy (non-hydrogen) atoms. The number of rotatable bonds is 6. The second kappa shape index (κ2) is 9.21. The lowest BCUT2D eigenvalue weighted by Crippen LogP contribution is -2.50. The van der Waals surface area contributed by atoms with E-state index in [9.17, 15) is 14.0 Å². The second-order valence-corrected chi connectivity index (χ2v) is 6.59. The summed E-state index contributed by atoms with van der Waals surface area (Å²) in [6.45, 7) is 3.30. The van der Waals surface area contributed by atoms with Crippen molar-refractivity contribution in [3.05, 3.63) is 59.9 Å². The molecule has 0 aromatic heterocycles. The summed E-state index contributed by atoms with van der Waals surface area (Å²) in [7, 11) is 0. The summed E-state index contributed by atoms with van der Waals surface area (Å²) in [5.41, 5.74) is 1.56. The number of benzene rings is 2. The smallest absolute Gasteiger partial charge is 0.344 e. The van der Waals surface area contributed by atoms with Gasteiger partial charge in [-0.05, 0) is 36.8 Å².